The monoisotopic (exact) mass is 446 g/mol. The van der Waals surface area contributed by atoms with Crippen LogP contribution in [0.2, 0.25) is 0 Å². The van der Waals surface area contributed by atoms with Crippen molar-refractivity contribution in [3.63, 3.8) is 0 Å². The van der Waals surface area contributed by atoms with E-state index in [-0.39, 0.29) is 29.6 Å². The van der Waals surface area contributed by atoms with Gasteiger partial charge < -0.3 is 14.2 Å². The number of likely N-dealkylation sites (tertiary alicyclic amines) is 1. The number of amides is 1. The molecule has 1 aliphatic carbocycles. The van der Waals surface area contributed by atoms with E-state index in [0.29, 0.717) is 25.6 Å². The van der Waals surface area contributed by atoms with Crippen LogP contribution in [0, 0.1) is 5.92 Å². The smallest absolute Gasteiger partial charge is 0.270 e. The predicted molar refractivity (Wildman–Crippen MR) is 115 cm³/mol. The van der Waals surface area contributed by atoms with E-state index >= 15 is 0 Å². The van der Waals surface area contributed by atoms with Crippen molar-refractivity contribution in [2.75, 3.05) is 26.5 Å². The van der Waals surface area contributed by atoms with Crippen molar-refractivity contribution in [3.05, 3.63) is 45.9 Å². The van der Waals surface area contributed by atoms with E-state index in [4.69, 9.17) is 30.8 Å². The Kier molecular flexibility index (Phi) is 4.55. The minimum absolute atomic E-state index is 0.0359. The van der Waals surface area contributed by atoms with Gasteiger partial charge in [0, 0.05) is 17.0 Å². The number of dihydropyridines is 1. The Hall–Kier alpha value is -1.38. The van der Waals surface area contributed by atoms with Crippen molar-refractivity contribution in [3.8, 4) is 0 Å². The molecule has 0 radical (unpaired) electrons. The first-order valence-corrected chi connectivity index (χ1v) is 11.8. The Morgan fingerprint density at radius 3 is 3.07 bits per heavy atom. The van der Waals surface area contributed by atoms with Crippen LogP contribution in [-0.4, -0.2) is 65.7 Å². The van der Waals surface area contributed by atoms with Crippen molar-refractivity contribution >= 4 is 35.1 Å². The average Bonchev–Trinajstić information content (AvgIpc) is 3.44. The lowest BCUT2D eigenvalue weighted by atomic mass is 9.76. The van der Waals surface area contributed by atoms with Gasteiger partial charge >= 0.3 is 0 Å². The molecule has 0 aromatic carbocycles. The molecule has 0 aromatic heterocycles. The van der Waals surface area contributed by atoms with Crippen LogP contribution in [0.25, 0.3) is 0 Å². The Morgan fingerprint density at radius 2 is 2.23 bits per heavy atom. The maximum absolute atomic E-state index is 14.0. The molecule has 8 heteroatoms. The summed E-state index contributed by atoms with van der Waals surface area (Å²) in [6.45, 7) is 4.17. The molecular weight excluding hydrogens is 424 g/mol. The summed E-state index contributed by atoms with van der Waals surface area (Å²) in [6, 6.07) is 0. The summed E-state index contributed by atoms with van der Waals surface area (Å²) < 4.78 is 17.7. The first-order valence-electron chi connectivity index (χ1n) is 10.5. The molecular formula is C22H23ClN2O4S. The summed E-state index contributed by atoms with van der Waals surface area (Å²) in [5.41, 5.74) is 1.94. The zero-order valence-corrected chi connectivity index (χ0v) is 18.2. The Bertz CT molecular complexity index is 970. The van der Waals surface area contributed by atoms with E-state index in [1.807, 2.05) is 23.1 Å². The summed E-state index contributed by atoms with van der Waals surface area (Å²) in [4.78, 5) is 21.8. The summed E-state index contributed by atoms with van der Waals surface area (Å²) in [5.74, 6) is 1.02. The van der Waals surface area contributed by atoms with Crippen LogP contribution in [0.5, 0.6) is 0 Å². The zero-order chi connectivity index (χ0) is 20.5. The lowest BCUT2D eigenvalue weighted by Gasteiger charge is -2.38. The number of amidine groups is 1. The topological polar surface area (TPSA) is 60.4 Å². The van der Waals surface area contributed by atoms with Crippen LogP contribution >= 0.6 is 23.4 Å². The second kappa shape index (κ2) is 7.07. The fourth-order valence-corrected chi connectivity index (χ4v) is 6.57. The highest BCUT2D eigenvalue weighted by Crippen LogP contribution is 2.50. The standard InChI is InChI=1S/C22H23ClN2O4S/c1-12-9-24-20-19-15(12)6-7-29-22(19,13-2-4-16-17(8-13)28-11-27-16)21(26)25(20)10-14-3-5-18(23)30-14/h2-4,8,12,16-18H,5-7,9-11H2,1H3. The van der Waals surface area contributed by atoms with Crippen molar-refractivity contribution in [2.24, 2.45) is 10.9 Å². The number of thioether (sulfide) groups is 1. The van der Waals surface area contributed by atoms with Gasteiger partial charge in [0.1, 0.15) is 24.8 Å². The molecule has 0 aromatic rings. The lowest BCUT2D eigenvalue weighted by Crippen LogP contribution is -2.48. The van der Waals surface area contributed by atoms with E-state index in [9.17, 15) is 4.79 Å². The van der Waals surface area contributed by atoms with Gasteiger partial charge in [-0.2, -0.15) is 0 Å². The van der Waals surface area contributed by atoms with Crippen molar-refractivity contribution in [1.29, 1.82) is 0 Å². The van der Waals surface area contributed by atoms with Crippen LogP contribution in [0.3, 0.4) is 0 Å². The number of rotatable bonds is 3. The summed E-state index contributed by atoms with van der Waals surface area (Å²) in [5, 5.41) is 0. The number of carbonyl (C=O) groups is 1. The zero-order valence-electron chi connectivity index (χ0n) is 16.7. The number of allylic oxidation sites excluding steroid dienone is 1. The Labute approximate surface area is 184 Å². The minimum Gasteiger partial charge on any atom is -0.355 e. The summed E-state index contributed by atoms with van der Waals surface area (Å²) in [6.07, 6.45) is 9.44. The average molecular weight is 447 g/mol. The number of halogens is 1. The normalized spacial score (nSPS) is 39.7. The van der Waals surface area contributed by atoms with E-state index in [2.05, 4.69) is 13.0 Å². The van der Waals surface area contributed by atoms with Gasteiger partial charge in [0.2, 0.25) is 5.60 Å². The van der Waals surface area contributed by atoms with Crippen molar-refractivity contribution < 1.29 is 19.0 Å². The first kappa shape index (κ1) is 19.3. The van der Waals surface area contributed by atoms with Gasteiger partial charge in [-0.1, -0.05) is 30.7 Å². The molecule has 2 saturated heterocycles. The van der Waals surface area contributed by atoms with Crippen LogP contribution in [-0.2, 0) is 19.0 Å². The number of fused-ring (bicyclic) bond motifs is 1. The number of hydrogen-bond donors (Lipinski definition) is 0. The number of alkyl halides is 1. The molecule has 6 nitrogen and oxygen atoms in total. The molecule has 5 aliphatic heterocycles. The summed E-state index contributed by atoms with van der Waals surface area (Å²) in [7, 11) is 0. The van der Waals surface area contributed by atoms with Crippen molar-refractivity contribution in [2.45, 2.75) is 42.3 Å². The number of ether oxygens (including phenoxy) is 3. The Balaban J connectivity index is 1.46. The van der Waals surface area contributed by atoms with Gasteiger partial charge in [0.15, 0.2) is 0 Å². The third-order valence-electron chi connectivity index (χ3n) is 6.68. The lowest BCUT2D eigenvalue weighted by molar-refractivity contribution is -0.142. The maximum Gasteiger partial charge on any atom is 0.270 e. The number of nitrogens with zero attached hydrogens (tertiary/aromatic N) is 2. The van der Waals surface area contributed by atoms with Crippen LogP contribution in [0.4, 0.5) is 0 Å². The first-order chi connectivity index (χ1) is 14.6. The Morgan fingerprint density at radius 1 is 1.37 bits per heavy atom. The predicted octanol–water partition coefficient (Wildman–Crippen LogP) is 3.16. The van der Waals surface area contributed by atoms with E-state index in [1.165, 1.54) is 5.57 Å². The minimum atomic E-state index is -1.14. The van der Waals surface area contributed by atoms with Crippen LogP contribution < -0.4 is 0 Å². The van der Waals surface area contributed by atoms with Gasteiger partial charge in [-0.25, -0.2) is 0 Å². The molecule has 5 heterocycles. The molecule has 5 unspecified atom stereocenters. The molecule has 6 aliphatic rings. The maximum atomic E-state index is 14.0. The fraction of sp³-hybridized carbons (Fsp3) is 0.545. The SMILES string of the molecule is CC1CN=C2C3=C1CCOC3(C1=CC3OCOC3C=C1)C(=O)N2CC1=CCC(Cl)S1. The highest BCUT2D eigenvalue weighted by atomic mass is 35.5. The number of hydrogen-bond acceptors (Lipinski definition) is 6. The third kappa shape index (κ3) is 2.69. The summed E-state index contributed by atoms with van der Waals surface area (Å²) >= 11 is 7.90. The van der Waals surface area contributed by atoms with Crippen LogP contribution in [0.15, 0.2) is 50.9 Å². The highest BCUT2D eigenvalue weighted by molar-refractivity contribution is 8.05. The molecule has 0 saturated carbocycles. The molecule has 158 valence electrons. The quantitative estimate of drug-likeness (QED) is 0.623. The van der Waals surface area contributed by atoms with Gasteiger partial charge in [0.05, 0.1) is 17.9 Å². The molecule has 1 amide bonds. The van der Waals surface area contributed by atoms with Gasteiger partial charge in [-0.15, -0.1) is 23.4 Å². The largest absolute Gasteiger partial charge is 0.355 e. The second-order valence-corrected chi connectivity index (χ2v) is 10.5. The molecule has 30 heavy (non-hydrogen) atoms. The number of carbonyl (C=O) groups excluding carboxylic acids is 1. The molecule has 5 atom stereocenters. The van der Waals surface area contributed by atoms with Gasteiger partial charge in [0.25, 0.3) is 5.91 Å². The second-order valence-electron chi connectivity index (χ2n) is 8.43. The highest BCUT2D eigenvalue weighted by Gasteiger charge is 2.61. The van der Waals surface area contributed by atoms with Gasteiger partial charge in [-0.3, -0.25) is 14.7 Å². The van der Waals surface area contributed by atoms with E-state index in [1.54, 1.807) is 11.8 Å². The molecule has 0 spiro atoms. The van der Waals surface area contributed by atoms with E-state index in [0.717, 1.165) is 34.7 Å². The van der Waals surface area contributed by atoms with Crippen LogP contribution in [0.1, 0.15) is 19.8 Å². The molecule has 6 rings (SSSR count). The fourth-order valence-electron chi connectivity index (χ4n) is 5.22. The molecule has 2 fully saturated rings. The van der Waals surface area contributed by atoms with Crippen molar-refractivity contribution in [1.82, 2.24) is 4.90 Å². The van der Waals surface area contributed by atoms with Gasteiger partial charge in [-0.05, 0) is 30.4 Å². The molecule has 0 N–H and O–H groups in total. The molecule has 0 bridgehead atoms. The number of aliphatic imine (C=N–C) groups is 1. The third-order valence-corrected chi connectivity index (χ3v) is 8.18. The van der Waals surface area contributed by atoms with E-state index < -0.39 is 5.60 Å².